The summed E-state index contributed by atoms with van der Waals surface area (Å²) < 4.78 is 11.1. The van der Waals surface area contributed by atoms with Gasteiger partial charge in [0.1, 0.15) is 6.61 Å². The fraction of sp³-hybridized carbons (Fsp3) is 0.500. The Kier molecular flexibility index (Phi) is 3.06. The molecule has 0 saturated heterocycles. The van der Waals surface area contributed by atoms with E-state index in [0.29, 0.717) is 18.0 Å². The van der Waals surface area contributed by atoms with E-state index in [1.807, 2.05) is 18.2 Å². The van der Waals surface area contributed by atoms with Gasteiger partial charge in [-0.15, -0.1) is 0 Å². The van der Waals surface area contributed by atoms with Crippen molar-refractivity contribution in [1.82, 2.24) is 5.32 Å². The molecule has 0 radical (unpaired) electrons. The van der Waals surface area contributed by atoms with E-state index >= 15 is 0 Å². The number of para-hydroxylation sites is 2. The van der Waals surface area contributed by atoms with Crippen molar-refractivity contribution in [1.29, 1.82) is 0 Å². The predicted octanol–water partition coefficient (Wildman–Crippen LogP) is 0.715. The van der Waals surface area contributed by atoms with Crippen molar-refractivity contribution in [3.05, 3.63) is 24.3 Å². The van der Waals surface area contributed by atoms with Crippen LogP contribution in [0.15, 0.2) is 24.3 Å². The summed E-state index contributed by atoms with van der Waals surface area (Å²) in [5.41, 5.74) is -0.0942. The first kappa shape index (κ1) is 12.3. The summed E-state index contributed by atoms with van der Waals surface area (Å²) in [6, 6.07) is 7.30. The third kappa shape index (κ3) is 2.51. The topological polar surface area (TPSA) is 67.8 Å². The molecule has 0 bridgehead atoms. The largest absolute Gasteiger partial charge is 0.485 e. The first-order chi connectivity index (χ1) is 9.22. The number of hydrogen-bond acceptors (Lipinski definition) is 4. The Bertz CT molecular complexity index is 484. The van der Waals surface area contributed by atoms with Crippen molar-refractivity contribution in [2.75, 3.05) is 19.8 Å². The molecule has 1 saturated carbocycles. The number of carbonyl (C=O) groups is 1. The molecule has 1 fully saturated rings. The van der Waals surface area contributed by atoms with Crippen LogP contribution in [-0.2, 0) is 4.79 Å². The molecule has 1 aromatic rings. The Balaban J connectivity index is 1.57. The molecule has 102 valence electrons. The molecular weight excluding hydrogens is 246 g/mol. The second-order valence-electron chi connectivity index (χ2n) is 5.24. The molecule has 1 aliphatic heterocycles. The number of fused-ring (bicyclic) bond motifs is 1. The molecule has 5 heteroatoms. The summed E-state index contributed by atoms with van der Waals surface area (Å²) in [6.45, 7) is 0.844. The molecule has 3 rings (SSSR count). The number of nitrogens with one attached hydrogen (secondary N) is 1. The van der Waals surface area contributed by atoms with Crippen LogP contribution in [0.4, 0.5) is 0 Å². The number of benzene rings is 1. The molecule has 1 aliphatic carbocycles. The van der Waals surface area contributed by atoms with Crippen LogP contribution in [0.3, 0.4) is 0 Å². The minimum absolute atomic E-state index is 0.0942. The first-order valence-corrected chi connectivity index (χ1v) is 6.50. The van der Waals surface area contributed by atoms with Gasteiger partial charge in [-0.3, -0.25) is 4.79 Å². The van der Waals surface area contributed by atoms with Gasteiger partial charge in [0.2, 0.25) is 6.10 Å². The minimum Gasteiger partial charge on any atom is -0.485 e. The fourth-order valence-electron chi connectivity index (χ4n) is 2.10. The lowest BCUT2D eigenvalue weighted by molar-refractivity contribution is -0.130. The van der Waals surface area contributed by atoms with E-state index < -0.39 is 6.10 Å². The average molecular weight is 263 g/mol. The molecule has 2 N–H and O–H groups in total. The maximum atomic E-state index is 12.0. The van der Waals surface area contributed by atoms with Crippen LogP contribution in [0.25, 0.3) is 0 Å². The maximum Gasteiger partial charge on any atom is 0.264 e. The lowest BCUT2D eigenvalue weighted by atomic mass is 10.1. The van der Waals surface area contributed by atoms with E-state index in [1.165, 1.54) is 0 Å². The van der Waals surface area contributed by atoms with Gasteiger partial charge in [0.25, 0.3) is 5.91 Å². The van der Waals surface area contributed by atoms with E-state index in [4.69, 9.17) is 9.47 Å². The van der Waals surface area contributed by atoms with Crippen LogP contribution in [-0.4, -0.2) is 36.9 Å². The van der Waals surface area contributed by atoms with Gasteiger partial charge in [0.15, 0.2) is 11.5 Å². The molecule has 0 spiro atoms. The first-order valence-electron chi connectivity index (χ1n) is 6.50. The van der Waals surface area contributed by atoms with Gasteiger partial charge in [-0.05, 0) is 25.0 Å². The molecule has 1 atom stereocenters. The van der Waals surface area contributed by atoms with Crippen molar-refractivity contribution >= 4 is 5.91 Å². The highest BCUT2D eigenvalue weighted by molar-refractivity contribution is 5.81. The van der Waals surface area contributed by atoms with Gasteiger partial charge in [-0.1, -0.05) is 12.1 Å². The number of aliphatic hydroxyl groups is 1. The molecule has 1 heterocycles. The number of aliphatic hydroxyl groups excluding tert-OH is 1. The van der Waals surface area contributed by atoms with Crippen molar-refractivity contribution in [3.63, 3.8) is 0 Å². The SMILES string of the molecule is O=C(NCC1(CO)CC1)C1COc2ccccc2O1. The Morgan fingerprint density at radius 1 is 1.37 bits per heavy atom. The molecular formula is C14H17NO4. The summed E-state index contributed by atoms with van der Waals surface area (Å²) in [5, 5.41) is 12.0. The molecule has 1 amide bonds. The Morgan fingerprint density at radius 2 is 2.11 bits per heavy atom. The van der Waals surface area contributed by atoms with Crippen molar-refractivity contribution in [2.45, 2.75) is 18.9 Å². The zero-order chi connectivity index (χ0) is 13.3. The number of rotatable bonds is 4. The van der Waals surface area contributed by atoms with Crippen LogP contribution in [0.2, 0.25) is 0 Å². The van der Waals surface area contributed by atoms with E-state index in [2.05, 4.69) is 5.32 Å². The minimum atomic E-state index is -0.621. The van der Waals surface area contributed by atoms with E-state index in [9.17, 15) is 9.90 Å². The second-order valence-corrected chi connectivity index (χ2v) is 5.24. The Hall–Kier alpha value is -1.75. The third-order valence-electron chi connectivity index (χ3n) is 3.73. The fourth-order valence-corrected chi connectivity index (χ4v) is 2.10. The lowest BCUT2D eigenvalue weighted by Crippen LogP contribution is -2.45. The normalized spacial score (nSPS) is 22.7. The van der Waals surface area contributed by atoms with Crippen molar-refractivity contribution < 1.29 is 19.4 Å². The highest BCUT2D eigenvalue weighted by Crippen LogP contribution is 2.44. The highest BCUT2D eigenvalue weighted by atomic mass is 16.6. The standard InChI is InChI=1S/C14H17NO4/c16-9-14(5-6-14)8-15-13(17)12-7-18-10-3-1-2-4-11(10)19-12/h1-4,12,16H,5-9H2,(H,15,17). The van der Waals surface area contributed by atoms with Crippen LogP contribution in [0.5, 0.6) is 11.5 Å². The van der Waals surface area contributed by atoms with Crippen molar-refractivity contribution in [2.24, 2.45) is 5.41 Å². The second kappa shape index (κ2) is 4.74. The number of carbonyl (C=O) groups excluding carboxylic acids is 1. The summed E-state index contributed by atoms with van der Waals surface area (Å²) in [5.74, 6) is 1.08. The number of ether oxygens (including phenoxy) is 2. The summed E-state index contributed by atoms with van der Waals surface area (Å²) in [7, 11) is 0. The van der Waals surface area contributed by atoms with Crippen LogP contribution in [0.1, 0.15) is 12.8 Å². The summed E-state index contributed by atoms with van der Waals surface area (Å²) in [4.78, 5) is 12.0. The zero-order valence-corrected chi connectivity index (χ0v) is 10.6. The average Bonchev–Trinajstić information content (AvgIpc) is 3.25. The molecule has 19 heavy (non-hydrogen) atoms. The van der Waals surface area contributed by atoms with Gasteiger partial charge in [0.05, 0.1) is 6.61 Å². The summed E-state index contributed by atoms with van der Waals surface area (Å²) in [6.07, 6.45) is 1.31. The van der Waals surface area contributed by atoms with E-state index in [-0.39, 0.29) is 24.5 Å². The van der Waals surface area contributed by atoms with Crippen molar-refractivity contribution in [3.8, 4) is 11.5 Å². The lowest BCUT2D eigenvalue weighted by Gasteiger charge is -2.26. The Morgan fingerprint density at radius 3 is 2.79 bits per heavy atom. The predicted molar refractivity (Wildman–Crippen MR) is 68.1 cm³/mol. The smallest absolute Gasteiger partial charge is 0.264 e. The van der Waals surface area contributed by atoms with Crippen LogP contribution >= 0.6 is 0 Å². The van der Waals surface area contributed by atoms with Crippen LogP contribution in [0, 0.1) is 5.41 Å². The molecule has 1 unspecified atom stereocenters. The van der Waals surface area contributed by atoms with Gasteiger partial charge in [-0.25, -0.2) is 0 Å². The quantitative estimate of drug-likeness (QED) is 0.839. The third-order valence-corrected chi connectivity index (χ3v) is 3.73. The van der Waals surface area contributed by atoms with Gasteiger partial charge >= 0.3 is 0 Å². The maximum absolute atomic E-state index is 12.0. The molecule has 2 aliphatic rings. The molecule has 1 aromatic carbocycles. The zero-order valence-electron chi connectivity index (χ0n) is 10.6. The van der Waals surface area contributed by atoms with E-state index in [0.717, 1.165) is 12.8 Å². The molecule has 0 aromatic heterocycles. The van der Waals surface area contributed by atoms with Gasteiger partial charge in [0, 0.05) is 12.0 Å². The van der Waals surface area contributed by atoms with Gasteiger partial charge < -0.3 is 19.9 Å². The summed E-state index contributed by atoms with van der Waals surface area (Å²) >= 11 is 0. The van der Waals surface area contributed by atoms with E-state index in [1.54, 1.807) is 6.07 Å². The van der Waals surface area contributed by atoms with Gasteiger partial charge in [-0.2, -0.15) is 0 Å². The highest BCUT2D eigenvalue weighted by Gasteiger charge is 2.42. The Labute approximate surface area is 111 Å². The number of hydrogen-bond donors (Lipinski definition) is 2. The van der Waals surface area contributed by atoms with Crippen LogP contribution < -0.4 is 14.8 Å². The number of amides is 1. The monoisotopic (exact) mass is 263 g/mol. The molecule has 5 nitrogen and oxygen atoms in total.